The molecule has 0 aliphatic rings. The SMILES string of the molecule is CCOC(=O)C(Cc1cn(C)c2ccccc12)NCc1ccccc1. The van der Waals surface area contributed by atoms with Crippen LogP contribution < -0.4 is 5.32 Å². The minimum Gasteiger partial charge on any atom is -0.465 e. The molecular formula is C21H24N2O2. The number of rotatable bonds is 7. The summed E-state index contributed by atoms with van der Waals surface area (Å²) in [4.78, 5) is 12.4. The monoisotopic (exact) mass is 336 g/mol. The molecule has 0 bridgehead atoms. The third-order valence-electron chi connectivity index (χ3n) is 4.37. The van der Waals surface area contributed by atoms with Gasteiger partial charge in [-0.2, -0.15) is 0 Å². The number of carbonyl (C=O) groups excluding carboxylic acids is 1. The molecule has 0 aliphatic heterocycles. The van der Waals surface area contributed by atoms with E-state index in [4.69, 9.17) is 4.74 Å². The maximum atomic E-state index is 12.4. The summed E-state index contributed by atoms with van der Waals surface area (Å²) in [5.41, 5.74) is 3.47. The Bertz CT molecular complexity index is 839. The van der Waals surface area contributed by atoms with Gasteiger partial charge in [0.15, 0.2) is 0 Å². The summed E-state index contributed by atoms with van der Waals surface area (Å²) in [6.07, 6.45) is 2.70. The molecule has 0 saturated heterocycles. The van der Waals surface area contributed by atoms with E-state index in [0.29, 0.717) is 19.6 Å². The topological polar surface area (TPSA) is 43.3 Å². The highest BCUT2D eigenvalue weighted by Crippen LogP contribution is 2.22. The average Bonchev–Trinajstić information content (AvgIpc) is 2.96. The third kappa shape index (κ3) is 4.09. The first-order chi connectivity index (χ1) is 12.2. The fraction of sp³-hybridized carbons (Fsp3) is 0.286. The number of para-hydroxylation sites is 1. The molecule has 0 fully saturated rings. The number of carbonyl (C=O) groups is 1. The molecule has 1 atom stereocenters. The highest BCUT2D eigenvalue weighted by molar-refractivity contribution is 5.85. The van der Waals surface area contributed by atoms with Crippen molar-refractivity contribution < 1.29 is 9.53 Å². The molecule has 0 amide bonds. The smallest absolute Gasteiger partial charge is 0.323 e. The molecular weight excluding hydrogens is 312 g/mol. The second-order valence-electron chi connectivity index (χ2n) is 6.16. The van der Waals surface area contributed by atoms with E-state index in [1.807, 2.05) is 56.4 Å². The zero-order valence-corrected chi connectivity index (χ0v) is 14.7. The Kier molecular flexibility index (Phi) is 5.51. The summed E-state index contributed by atoms with van der Waals surface area (Å²) in [5.74, 6) is -0.202. The van der Waals surface area contributed by atoms with Gasteiger partial charge in [0.25, 0.3) is 0 Å². The zero-order valence-electron chi connectivity index (χ0n) is 14.7. The summed E-state index contributed by atoms with van der Waals surface area (Å²) in [5, 5.41) is 4.54. The third-order valence-corrected chi connectivity index (χ3v) is 4.37. The van der Waals surface area contributed by atoms with Crippen molar-refractivity contribution in [1.29, 1.82) is 0 Å². The fourth-order valence-electron chi connectivity index (χ4n) is 3.13. The number of nitrogens with zero attached hydrogens (tertiary/aromatic N) is 1. The fourth-order valence-corrected chi connectivity index (χ4v) is 3.13. The molecule has 25 heavy (non-hydrogen) atoms. The molecule has 3 aromatic rings. The number of hydrogen-bond acceptors (Lipinski definition) is 3. The van der Waals surface area contributed by atoms with Crippen LogP contribution in [0.2, 0.25) is 0 Å². The second kappa shape index (κ2) is 7.99. The van der Waals surface area contributed by atoms with E-state index in [-0.39, 0.29) is 12.0 Å². The van der Waals surface area contributed by atoms with Gasteiger partial charge in [-0.1, -0.05) is 48.5 Å². The molecule has 0 radical (unpaired) electrons. The Morgan fingerprint density at radius 1 is 1.12 bits per heavy atom. The number of esters is 1. The second-order valence-corrected chi connectivity index (χ2v) is 6.16. The molecule has 2 aromatic carbocycles. The highest BCUT2D eigenvalue weighted by atomic mass is 16.5. The van der Waals surface area contributed by atoms with E-state index in [1.165, 1.54) is 10.9 Å². The number of aryl methyl sites for hydroxylation is 1. The van der Waals surface area contributed by atoms with Gasteiger partial charge in [0.05, 0.1) is 6.61 Å². The molecule has 1 unspecified atom stereocenters. The van der Waals surface area contributed by atoms with Gasteiger partial charge in [-0.05, 0) is 24.1 Å². The van der Waals surface area contributed by atoms with Crippen LogP contribution in [0, 0.1) is 0 Å². The van der Waals surface area contributed by atoms with Crippen molar-refractivity contribution in [3.8, 4) is 0 Å². The Balaban J connectivity index is 1.80. The van der Waals surface area contributed by atoms with Crippen LogP contribution in [0.25, 0.3) is 10.9 Å². The van der Waals surface area contributed by atoms with Crippen molar-refractivity contribution in [1.82, 2.24) is 9.88 Å². The molecule has 4 nitrogen and oxygen atoms in total. The molecule has 1 aromatic heterocycles. The van der Waals surface area contributed by atoms with Crippen LogP contribution >= 0.6 is 0 Å². The number of aromatic nitrogens is 1. The van der Waals surface area contributed by atoms with Crippen LogP contribution in [0.15, 0.2) is 60.8 Å². The Labute approximate surface area is 148 Å². The first-order valence-corrected chi connectivity index (χ1v) is 8.66. The summed E-state index contributed by atoms with van der Waals surface area (Å²) in [7, 11) is 2.03. The van der Waals surface area contributed by atoms with Crippen molar-refractivity contribution in [2.45, 2.75) is 25.9 Å². The predicted molar refractivity (Wildman–Crippen MR) is 100 cm³/mol. The van der Waals surface area contributed by atoms with Crippen molar-refractivity contribution in [2.75, 3.05) is 6.61 Å². The van der Waals surface area contributed by atoms with E-state index < -0.39 is 0 Å². The molecule has 4 heteroatoms. The maximum Gasteiger partial charge on any atom is 0.323 e. The summed E-state index contributed by atoms with van der Waals surface area (Å²) >= 11 is 0. The van der Waals surface area contributed by atoms with Crippen LogP contribution in [-0.2, 0) is 29.5 Å². The first-order valence-electron chi connectivity index (χ1n) is 8.66. The highest BCUT2D eigenvalue weighted by Gasteiger charge is 2.21. The van der Waals surface area contributed by atoms with Crippen LogP contribution in [0.5, 0.6) is 0 Å². The normalized spacial score (nSPS) is 12.2. The minimum absolute atomic E-state index is 0.202. The summed E-state index contributed by atoms with van der Waals surface area (Å²) in [6.45, 7) is 2.86. The molecule has 0 saturated carbocycles. The quantitative estimate of drug-likeness (QED) is 0.672. The van der Waals surface area contributed by atoms with Crippen LogP contribution in [0.3, 0.4) is 0 Å². The number of ether oxygens (including phenoxy) is 1. The zero-order chi connectivity index (χ0) is 17.6. The van der Waals surface area contributed by atoms with Crippen LogP contribution in [0.1, 0.15) is 18.1 Å². The molecule has 0 spiro atoms. The first kappa shape index (κ1) is 17.2. The Morgan fingerprint density at radius 3 is 2.60 bits per heavy atom. The predicted octanol–water partition coefficient (Wildman–Crippen LogP) is 3.44. The van der Waals surface area contributed by atoms with Gasteiger partial charge in [-0.3, -0.25) is 4.79 Å². The Hall–Kier alpha value is -2.59. The summed E-state index contributed by atoms with van der Waals surface area (Å²) < 4.78 is 7.38. The standard InChI is InChI=1S/C21H24N2O2/c1-3-25-21(24)19(22-14-16-9-5-4-6-10-16)13-17-15-23(2)20-12-8-7-11-18(17)20/h4-12,15,19,22H,3,13-14H2,1-2H3. The van der Waals surface area contributed by atoms with Gasteiger partial charge in [-0.15, -0.1) is 0 Å². The van der Waals surface area contributed by atoms with E-state index in [0.717, 1.165) is 11.1 Å². The van der Waals surface area contributed by atoms with Crippen molar-refractivity contribution in [2.24, 2.45) is 7.05 Å². The maximum absolute atomic E-state index is 12.4. The minimum atomic E-state index is -0.369. The average molecular weight is 336 g/mol. The number of hydrogen-bond donors (Lipinski definition) is 1. The number of nitrogens with one attached hydrogen (secondary N) is 1. The van der Waals surface area contributed by atoms with Gasteiger partial charge in [0.1, 0.15) is 6.04 Å². The summed E-state index contributed by atoms with van der Waals surface area (Å²) in [6, 6.07) is 18.0. The molecule has 130 valence electrons. The largest absolute Gasteiger partial charge is 0.465 e. The van der Waals surface area contributed by atoms with Gasteiger partial charge >= 0.3 is 5.97 Å². The molecule has 0 aliphatic carbocycles. The van der Waals surface area contributed by atoms with Gasteiger partial charge < -0.3 is 14.6 Å². The molecule has 1 N–H and O–H groups in total. The van der Waals surface area contributed by atoms with Crippen molar-refractivity contribution in [3.63, 3.8) is 0 Å². The van der Waals surface area contributed by atoms with E-state index >= 15 is 0 Å². The van der Waals surface area contributed by atoms with Crippen molar-refractivity contribution in [3.05, 3.63) is 71.9 Å². The van der Waals surface area contributed by atoms with Gasteiger partial charge in [0, 0.05) is 37.1 Å². The van der Waals surface area contributed by atoms with Crippen LogP contribution in [0.4, 0.5) is 0 Å². The number of benzene rings is 2. The van der Waals surface area contributed by atoms with E-state index in [2.05, 4.69) is 28.2 Å². The lowest BCUT2D eigenvalue weighted by atomic mass is 10.0. The molecule has 1 heterocycles. The Morgan fingerprint density at radius 2 is 1.84 bits per heavy atom. The number of fused-ring (bicyclic) bond motifs is 1. The molecule has 3 rings (SSSR count). The van der Waals surface area contributed by atoms with Gasteiger partial charge in [-0.25, -0.2) is 0 Å². The van der Waals surface area contributed by atoms with Crippen LogP contribution in [-0.4, -0.2) is 23.2 Å². The lowest BCUT2D eigenvalue weighted by Gasteiger charge is -2.17. The van der Waals surface area contributed by atoms with Gasteiger partial charge in [0.2, 0.25) is 0 Å². The van der Waals surface area contributed by atoms with Crippen molar-refractivity contribution >= 4 is 16.9 Å². The lowest BCUT2D eigenvalue weighted by Crippen LogP contribution is -2.39. The lowest BCUT2D eigenvalue weighted by molar-refractivity contribution is -0.145. The van der Waals surface area contributed by atoms with E-state index in [1.54, 1.807) is 0 Å². The van der Waals surface area contributed by atoms with E-state index in [9.17, 15) is 4.79 Å².